The zero-order chi connectivity index (χ0) is 25.3. The summed E-state index contributed by atoms with van der Waals surface area (Å²) in [7, 11) is 0. The van der Waals surface area contributed by atoms with Gasteiger partial charge in [0.15, 0.2) is 0 Å². The van der Waals surface area contributed by atoms with E-state index in [-0.39, 0.29) is 22.5 Å². The summed E-state index contributed by atoms with van der Waals surface area (Å²) in [6.45, 7) is 0. The summed E-state index contributed by atoms with van der Waals surface area (Å²) in [6.07, 6.45) is -9.48. The highest BCUT2D eigenvalue weighted by molar-refractivity contribution is 6.07. The second kappa shape index (κ2) is 8.96. The SMILES string of the molecule is Nc1ccc(NC(=O)c2cccc(NC(=O)c3ccc(N)c(C(F)(F)F)c3)c2)cc1C(F)(F)F. The summed E-state index contributed by atoms with van der Waals surface area (Å²) < 4.78 is 78.1. The monoisotopic (exact) mass is 482 g/mol. The van der Waals surface area contributed by atoms with Gasteiger partial charge in [-0.15, -0.1) is 0 Å². The van der Waals surface area contributed by atoms with Crippen molar-refractivity contribution in [1.82, 2.24) is 0 Å². The number of hydrogen-bond donors (Lipinski definition) is 4. The first-order chi connectivity index (χ1) is 15.8. The van der Waals surface area contributed by atoms with Gasteiger partial charge in [-0.25, -0.2) is 0 Å². The fourth-order valence-electron chi connectivity index (χ4n) is 2.97. The van der Waals surface area contributed by atoms with E-state index < -0.39 is 46.7 Å². The molecule has 3 rings (SSSR count). The van der Waals surface area contributed by atoms with E-state index in [1.807, 2.05) is 0 Å². The molecule has 0 radical (unpaired) electrons. The van der Waals surface area contributed by atoms with Crippen LogP contribution in [0.4, 0.5) is 49.1 Å². The minimum absolute atomic E-state index is 0.0310. The third kappa shape index (κ3) is 5.57. The number of nitrogens with two attached hydrogens (primary N) is 2. The van der Waals surface area contributed by atoms with Crippen molar-refractivity contribution in [2.24, 2.45) is 0 Å². The number of nitrogen functional groups attached to an aromatic ring is 2. The molecule has 0 saturated heterocycles. The zero-order valence-corrected chi connectivity index (χ0v) is 17.0. The molecule has 34 heavy (non-hydrogen) atoms. The first-order valence-electron chi connectivity index (χ1n) is 9.42. The van der Waals surface area contributed by atoms with Crippen LogP contribution in [0.3, 0.4) is 0 Å². The minimum Gasteiger partial charge on any atom is -0.398 e. The van der Waals surface area contributed by atoms with E-state index in [2.05, 4.69) is 10.6 Å². The number of amides is 2. The van der Waals surface area contributed by atoms with E-state index in [1.165, 1.54) is 30.3 Å². The summed E-state index contributed by atoms with van der Waals surface area (Å²) in [5.74, 6) is -1.68. The lowest BCUT2D eigenvalue weighted by Gasteiger charge is -2.13. The number of halogens is 6. The molecular weight excluding hydrogens is 466 g/mol. The molecule has 0 bridgehead atoms. The molecule has 0 fully saturated rings. The second-order valence-electron chi connectivity index (χ2n) is 7.09. The molecule has 0 atom stereocenters. The smallest absolute Gasteiger partial charge is 0.398 e. The second-order valence-corrected chi connectivity index (χ2v) is 7.09. The van der Waals surface area contributed by atoms with Gasteiger partial charge in [0.05, 0.1) is 11.1 Å². The largest absolute Gasteiger partial charge is 0.418 e. The van der Waals surface area contributed by atoms with Gasteiger partial charge in [0.2, 0.25) is 0 Å². The van der Waals surface area contributed by atoms with Crippen molar-refractivity contribution in [2.45, 2.75) is 12.4 Å². The van der Waals surface area contributed by atoms with Crippen LogP contribution >= 0.6 is 0 Å². The average Bonchev–Trinajstić information content (AvgIpc) is 2.74. The summed E-state index contributed by atoms with van der Waals surface area (Å²) >= 11 is 0. The van der Waals surface area contributed by atoms with Crippen molar-refractivity contribution in [2.75, 3.05) is 22.1 Å². The van der Waals surface area contributed by atoms with Crippen LogP contribution in [0.1, 0.15) is 31.8 Å². The van der Waals surface area contributed by atoms with Crippen LogP contribution in [-0.2, 0) is 12.4 Å². The normalized spacial score (nSPS) is 11.7. The predicted molar refractivity (Wildman–Crippen MR) is 114 cm³/mol. The van der Waals surface area contributed by atoms with Crippen molar-refractivity contribution in [3.8, 4) is 0 Å². The molecular formula is C22H16F6N4O2. The number of rotatable bonds is 4. The van der Waals surface area contributed by atoms with E-state index >= 15 is 0 Å². The first kappa shape index (κ1) is 24.4. The van der Waals surface area contributed by atoms with E-state index in [1.54, 1.807) is 0 Å². The third-order valence-corrected chi connectivity index (χ3v) is 4.62. The number of nitrogens with one attached hydrogen (secondary N) is 2. The van der Waals surface area contributed by atoms with Crippen molar-refractivity contribution >= 4 is 34.6 Å². The Hall–Kier alpha value is -4.22. The molecule has 6 N–H and O–H groups in total. The van der Waals surface area contributed by atoms with Crippen molar-refractivity contribution in [3.63, 3.8) is 0 Å². The molecule has 0 unspecified atom stereocenters. The Morgan fingerprint density at radius 2 is 1.09 bits per heavy atom. The third-order valence-electron chi connectivity index (χ3n) is 4.62. The van der Waals surface area contributed by atoms with Gasteiger partial charge in [-0.3, -0.25) is 9.59 Å². The lowest BCUT2D eigenvalue weighted by Crippen LogP contribution is -2.17. The van der Waals surface area contributed by atoms with E-state index in [4.69, 9.17) is 11.5 Å². The summed E-state index contributed by atoms with van der Waals surface area (Å²) in [4.78, 5) is 24.9. The molecule has 12 heteroatoms. The van der Waals surface area contributed by atoms with Gasteiger partial charge in [0, 0.05) is 33.9 Å². The van der Waals surface area contributed by atoms with Gasteiger partial charge < -0.3 is 22.1 Å². The Labute approximate surface area is 188 Å². The highest BCUT2D eigenvalue weighted by Crippen LogP contribution is 2.36. The summed E-state index contributed by atoms with van der Waals surface area (Å²) in [6, 6.07) is 10.8. The average molecular weight is 482 g/mol. The van der Waals surface area contributed by atoms with Crippen LogP contribution in [0.5, 0.6) is 0 Å². The highest BCUT2D eigenvalue weighted by atomic mass is 19.4. The molecule has 0 saturated carbocycles. The van der Waals surface area contributed by atoms with Gasteiger partial charge in [-0.05, 0) is 54.6 Å². The Kier molecular flexibility index (Phi) is 6.44. The molecule has 3 aromatic carbocycles. The highest BCUT2D eigenvalue weighted by Gasteiger charge is 2.34. The molecule has 2 amide bonds. The topological polar surface area (TPSA) is 110 Å². The van der Waals surface area contributed by atoms with Gasteiger partial charge in [-0.1, -0.05) is 6.07 Å². The molecule has 0 aromatic heterocycles. The maximum absolute atomic E-state index is 13.0. The number of hydrogen-bond acceptors (Lipinski definition) is 4. The maximum atomic E-state index is 13.0. The number of alkyl halides is 6. The zero-order valence-electron chi connectivity index (χ0n) is 17.0. The van der Waals surface area contributed by atoms with Crippen molar-refractivity contribution in [1.29, 1.82) is 0 Å². The van der Waals surface area contributed by atoms with Gasteiger partial charge in [0.25, 0.3) is 11.8 Å². The van der Waals surface area contributed by atoms with Gasteiger partial charge >= 0.3 is 12.4 Å². The molecule has 0 aliphatic heterocycles. The Balaban J connectivity index is 1.78. The Morgan fingerprint density at radius 1 is 0.618 bits per heavy atom. The van der Waals surface area contributed by atoms with Gasteiger partial charge in [-0.2, -0.15) is 26.3 Å². The molecule has 0 aliphatic rings. The lowest BCUT2D eigenvalue weighted by molar-refractivity contribution is -0.137. The maximum Gasteiger partial charge on any atom is 0.418 e. The fourth-order valence-corrected chi connectivity index (χ4v) is 2.97. The van der Waals surface area contributed by atoms with Crippen LogP contribution in [-0.4, -0.2) is 11.8 Å². The number of carbonyl (C=O) groups excluding carboxylic acids is 2. The number of benzene rings is 3. The lowest BCUT2D eigenvalue weighted by atomic mass is 10.1. The van der Waals surface area contributed by atoms with E-state index in [0.29, 0.717) is 12.1 Å². The Bertz CT molecular complexity index is 1250. The minimum atomic E-state index is -4.76. The first-order valence-corrected chi connectivity index (χ1v) is 9.42. The molecule has 0 aliphatic carbocycles. The summed E-state index contributed by atoms with van der Waals surface area (Å²) in [5, 5.41) is 4.65. The van der Waals surface area contributed by atoms with Crippen LogP contribution in [0.2, 0.25) is 0 Å². The summed E-state index contributed by atoms with van der Waals surface area (Å²) in [5.41, 5.74) is 6.86. The van der Waals surface area contributed by atoms with E-state index in [9.17, 15) is 35.9 Å². The predicted octanol–water partition coefficient (Wildman–Crippen LogP) is 5.39. The van der Waals surface area contributed by atoms with Gasteiger partial charge in [0.1, 0.15) is 0 Å². The van der Waals surface area contributed by atoms with Crippen LogP contribution < -0.4 is 22.1 Å². The van der Waals surface area contributed by atoms with Crippen LogP contribution in [0.15, 0.2) is 60.7 Å². The molecule has 6 nitrogen and oxygen atoms in total. The molecule has 0 spiro atoms. The quantitative estimate of drug-likeness (QED) is 0.295. The molecule has 178 valence electrons. The molecule has 0 heterocycles. The van der Waals surface area contributed by atoms with E-state index in [0.717, 1.165) is 18.2 Å². The molecule has 3 aromatic rings. The fraction of sp³-hybridized carbons (Fsp3) is 0.0909. The number of anilines is 4. The standard InChI is InChI=1S/C22H16F6N4O2/c23-21(24,25)15-9-12(4-6-17(15)29)20(34)31-13-3-1-2-11(8-13)19(33)32-14-5-7-18(30)16(10-14)22(26,27)28/h1-10H,29-30H2,(H,31,34)(H,32,33). The van der Waals surface area contributed by atoms with Crippen molar-refractivity contribution in [3.05, 3.63) is 82.9 Å². The van der Waals surface area contributed by atoms with Crippen LogP contribution in [0.25, 0.3) is 0 Å². The number of carbonyl (C=O) groups is 2. The Morgan fingerprint density at radius 3 is 1.65 bits per heavy atom. The van der Waals surface area contributed by atoms with Crippen molar-refractivity contribution < 1.29 is 35.9 Å². The van der Waals surface area contributed by atoms with Crippen LogP contribution in [0, 0.1) is 0 Å².